The number of anilines is 1. The molecular weight excluding hydrogens is 489 g/mol. The number of aromatic nitrogens is 1. The number of nitrogens with zero attached hydrogens (tertiary/aromatic N) is 2. The van der Waals surface area contributed by atoms with Crippen molar-refractivity contribution < 1.29 is 31.4 Å². The highest BCUT2D eigenvalue weighted by molar-refractivity contribution is 7.15. The average Bonchev–Trinajstić information content (AvgIpc) is 3.23. The van der Waals surface area contributed by atoms with E-state index < -0.39 is 47.9 Å². The van der Waals surface area contributed by atoms with Crippen LogP contribution in [0.4, 0.5) is 31.5 Å². The normalized spacial score (nSPS) is 20.6. The predicted molar refractivity (Wildman–Crippen MR) is 99.1 cm³/mol. The SMILES string of the molecule is OCc1sc(N2CCC(c3cc(Cl)c(Cl)c(Cl)c3)(C(F)(F)F)C2)nc1C(F)(F)F. The van der Waals surface area contributed by atoms with Gasteiger partial charge in [0.05, 0.1) is 26.6 Å². The van der Waals surface area contributed by atoms with Crippen LogP contribution in [0.15, 0.2) is 12.1 Å². The molecule has 29 heavy (non-hydrogen) atoms. The highest BCUT2D eigenvalue weighted by Gasteiger charge is 2.59. The summed E-state index contributed by atoms with van der Waals surface area (Å²) in [7, 11) is 0. The molecule has 0 aliphatic carbocycles. The lowest BCUT2D eigenvalue weighted by Gasteiger charge is -2.32. The number of rotatable bonds is 3. The van der Waals surface area contributed by atoms with Gasteiger partial charge in [-0.05, 0) is 24.1 Å². The Morgan fingerprint density at radius 2 is 1.69 bits per heavy atom. The van der Waals surface area contributed by atoms with Crippen LogP contribution in [-0.2, 0) is 18.2 Å². The van der Waals surface area contributed by atoms with Crippen LogP contribution in [0.1, 0.15) is 22.6 Å². The molecule has 3 nitrogen and oxygen atoms in total. The van der Waals surface area contributed by atoms with Crippen molar-refractivity contribution in [2.75, 3.05) is 18.0 Å². The third-order valence-electron chi connectivity index (χ3n) is 4.72. The maximum atomic E-state index is 14.1. The lowest BCUT2D eigenvalue weighted by atomic mass is 9.79. The zero-order valence-electron chi connectivity index (χ0n) is 14.1. The molecule has 13 heteroatoms. The summed E-state index contributed by atoms with van der Waals surface area (Å²) < 4.78 is 81.5. The van der Waals surface area contributed by atoms with Crippen LogP contribution in [0.25, 0.3) is 0 Å². The first-order valence-electron chi connectivity index (χ1n) is 7.94. The van der Waals surface area contributed by atoms with Crippen molar-refractivity contribution in [3.8, 4) is 0 Å². The van der Waals surface area contributed by atoms with Crippen molar-refractivity contribution in [1.82, 2.24) is 4.98 Å². The van der Waals surface area contributed by atoms with Gasteiger partial charge in [-0.1, -0.05) is 46.1 Å². The van der Waals surface area contributed by atoms with Crippen molar-refractivity contribution in [1.29, 1.82) is 0 Å². The number of benzene rings is 1. The second-order valence-electron chi connectivity index (χ2n) is 6.43. The number of thiazole rings is 1. The van der Waals surface area contributed by atoms with Crippen molar-refractivity contribution >= 4 is 51.3 Å². The fourth-order valence-corrected chi connectivity index (χ4v) is 4.80. The van der Waals surface area contributed by atoms with E-state index in [1.807, 2.05) is 0 Å². The molecule has 1 fully saturated rings. The van der Waals surface area contributed by atoms with Crippen molar-refractivity contribution in [3.05, 3.63) is 43.3 Å². The summed E-state index contributed by atoms with van der Waals surface area (Å²) in [5.41, 5.74) is -3.96. The van der Waals surface area contributed by atoms with E-state index in [2.05, 4.69) is 4.98 Å². The first-order chi connectivity index (χ1) is 13.3. The standard InChI is InChI=1S/C16H11Cl3F6N2OS/c17-8-3-7(4-9(18)11(8)19)14(16(23,24)25)1-2-27(6-14)13-26-12(15(20,21)22)10(5-28)29-13/h3-4,28H,1-2,5-6H2. The Hall–Kier alpha value is -0.940. The van der Waals surface area contributed by atoms with Gasteiger partial charge in [-0.2, -0.15) is 26.3 Å². The molecule has 2 heterocycles. The predicted octanol–water partition coefficient (Wildman–Crippen LogP) is 6.32. The number of aliphatic hydroxyl groups is 1. The summed E-state index contributed by atoms with van der Waals surface area (Å²) in [5, 5.41) is 8.50. The van der Waals surface area contributed by atoms with E-state index in [1.165, 1.54) is 0 Å². The summed E-state index contributed by atoms with van der Waals surface area (Å²) >= 11 is 18.1. The molecule has 1 atom stereocenters. The van der Waals surface area contributed by atoms with Crippen LogP contribution in [0.3, 0.4) is 0 Å². The maximum Gasteiger partial charge on any atom is 0.434 e. The minimum Gasteiger partial charge on any atom is -0.391 e. The number of hydrogen-bond acceptors (Lipinski definition) is 4. The summed E-state index contributed by atoms with van der Waals surface area (Å²) in [6, 6.07) is 2.13. The quantitative estimate of drug-likeness (QED) is 0.396. The van der Waals surface area contributed by atoms with Gasteiger partial charge in [-0.25, -0.2) is 4.98 Å². The molecule has 1 aromatic carbocycles. The number of alkyl halides is 6. The van der Waals surface area contributed by atoms with Gasteiger partial charge in [-0.15, -0.1) is 0 Å². The molecule has 1 N–H and O–H groups in total. The highest BCUT2D eigenvalue weighted by Crippen LogP contribution is 2.51. The second-order valence-corrected chi connectivity index (χ2v) is 8.68. The number of halogens is 9. The molecule has 1 saturated heterocycles. The summed E-state index contributed by atoms with van der Waals surface area (Å²) in [6.45, 7) is -1.80. The van der Waals surface area contributed by atoms with Gasteiger partial charge in [0.1, 0.15) is 5.41 Å². The average molecular weight is 500 g/mol. The van der Waals surface area contributed by atoms with Crippen LogP contribution in [0.5, 0.6) is 0 Å². The largest absolute Gasteiger partial charge is 0.434 e. The van der Waals surface area contributed by atoms with Gasteiger partial charge in [-0.3, -0.25) is 0 Å². The fourth-order valence-electron chi connectivity index (χ4n) is 3.24. The second kappa shape index (κ2) is 7.64. The highest BCUT2D eigenvalue weighted by atomic mass is 35.5. The van der Waals surface area contributed by atoms with Crippen molar-refractivity contribution in [2.24, 2.45) is 0 Å². The minimum absolute atomic E-state index is 0.0911. The molecule has 1 aliphatic heterocycles. The third-order valence-corrected chi connectivity index (χ3v) is 7.01. The van der Waals surface area contributed by atoms with Gasteiger partial charge < -0.3 is 10.0 Å². The van der Waals surface area contributed by atoms with E-state index >= 15 is 0 Å². The number of hydrogen-bond donors (Lipinski definition) is 1. The molecule has 0 bridgehead atoms. The van der Waals surface area contributed by atoms with Gasteiger partial charge in [0, 0.05) is 13.1 Å². The Bertz CT molecular complexity index is 909. The minimum atomic E-state index is -4.83. The molecule has 1 aromatic heterocycles. The van der Waals surface area contributed by atoms with E-state index in [0.29, 0.717) is 11.3 Å². The van der Waals surface area contributed by atoms with E-state index in [1.54, 1.807) is 0 Å². The molecular formula is C16H11Cl3F6N2OS. The molecule has 0 spiro atoms. The topological polar surface area (TPSA) is 36.4 Å². The maximum absolute atomic E-state index is 14.1. The Morgan fingerprint density at radius 3 is 2.14 bits per heavy atom. The Labute approximate surface area is 179 Å². The summed E-state index contributed by atoms with van der Waals surface area (Å²) in [4.78, 5) is 4.09. The monoisotopic (exact) mass is 498 g/mol. The number of aliphatic hydroxyl groups excluding tert-OH is 1. The Kier molecular flexibility index (Phi) is 5.99. The molecule has 2 aromatic rings. The van der Waals surface area contributed by atoms with Crippen LogP contribution in [0, 0.1) is 0 Å². The smallest absolute Gasteiger partial charge is 0.391 e. The molecule has 1 unspecified atom stereocenters. The Morgan fingerprint density at radius 1 is 1.10 bits per heavy atom. The first-order valence-corrected chi connectivity index (χ1v) is 9.89. The lowest BCUT2D eigenvalue weighted by molar-refractivity contribution is -0.184. The van der Waals surface area contributed by atoms with E-state index in [-0.39, 0.29) is 32.3 Å². The molecule has 0 saturated carbocycles. The van der Waals surface area contributed by atoms with Crippen LogP contribution >= 0.6 is 46.1 Å². The van der Waals surface area contributed by atoms with Gasteiger partial charge >= 0.3 is 12.4 Å². The zero-order chi connectivity index (χ0) is 21.8. The van der Waals surface area contributed by atoms with E-state index in [9.17, 15) is 26.3 Å². The first kappa shape index (κ1) is 22.7. The van der Waals surface area contributed by atoms with Crippen LogP contribution in [-0.4, -0.2) is 29.4 Å². The van der Waals surface area contributed by atoms with Crippen molar-refractivity contribution in [2.45, 2.75) is 30.8 Å². The summed E-state index contributed by atoms with van der Waals surface area (Å²) in [6.07, 6.45) is -10.0. The van der Waals surface area contributed by atoms with Crippen LogP contribution < -0.4 is 4.90 Å². The molecule has 0 radical (unpaired) electrons. The Balaban J connectivity index is 2.04. The van der Waals surface area contributed by atoms with E-state index in [4.69, 9.17) is 39.9 Å². The molecule has 0 amide bonds. The fraction of sp³-hybridized carbons (Fsp3) is 0.438. The third kappa shape index (κ3) is 4.01. The molecule has 3 rings (SSSR count). The molecule has 1 aliphatic rings. The van der Waals surface area contributed by atoms with Crippen LogP contribution in [0.2, 0.25) is 15.1 Å². The summed E-state index contributed by atoms with van der Waals surface area (Å²) in [5.74, 6) is 0. The zero-order valence-corrected chi connectivity index (χ0v) is 17.2. The van der Waals surface area contributed by atoms with Gasteiger partial charge in [0.15, 0.2) is 10.8 Å². The molecule has 160 valence electrons. The van der Waals surface area contributed by atoms with Gasteiger partial charge in [0.25, 0.3) is 0 Å². The van der Waals surface area contributed by atoms with Crippen molar-refractivity contribution in [3.63, 3.8) is 0 Å². The van der Waals surface area contributed by atoms with Gasteiger partial charge in [0.2, 0.25) is 0 Å². The lowest BCUT2D eigenvalue weighted by Crippen LogP contribution is -2.44. The van der Waals surface area contributed by atoms with E-state index in [0.717, 1.165) is 17.0 Å².